The van der Waals surface area contributed by atoms with Crippen molar-refractivity contribution in [1.29, 1.82) is 0 Å². The number of nitrogens with one attached hydrogen (secondary N) is 1. The van der Waals surface area contributed by atoms with Crippen molar-refractivity contribution in [3.05, 3.63) is 64.4 Å². The highest BCUT2D eigenvalue weighted by molar-refractivity contribution is 5.96. The van der Waals surface area contributed by atoms with Gasteiger partial charge in [0.1, 0.15) is 17.3 Å². The maximum absolute atomic E-state index is 12.6. The Kier molecular flexibility index (Phi) is 6.41. The molecule has 0 spiro atoms. The summed E-state index contributed by atoms with van der Waals surface area (Å²) in [6, 6.07) is 12.4. The normalized spacial score (nSPS) is 11.9. The van der Waals surface area contributed by atoms with Gasteiger partial charge in [-0.25, -0.2) is 4.79 Å². The third-order valence-electron chi connectivity index (χ3n) is 4.52. The number of carbonyl (C=O) groups excluding carboxylic acids is 2. The van der Waals surface area contributed by atoms with E-state index in [9.17, 15) is 14.4 Å². The number of methoxy groups -OCH3 is 1. The molecule has 156 valence electrons. The highest BCUT2D eigenvalue weighted by atomic mass is 16.5. The van der Waals surface area contributed by atoms with Gasteiger partial charge in [-0.2, -0.15) is 4.68 Å². The Morgan fingerprint density at radius 1 is 1.10 bits per heavy atom. The van der Waals surface area contributed by atoms with Gasteiger partial charge in [-0.15, -0.1) is 5.10 Å². The standard InChI is InChI=1S/C21H22N4O5/c1-13(2)18(22-19(26)14-8-10-15(29-3)11-9-14)21(28)30-12-25-20(27)16-6-4-5-7-17(16)23-24-25/h4-11,13,18H,12H2,1-3H3,(H,22,26)/t18-/m1/s1. The van der Waals surface area contributed by atoms with Crippen molar-refractivity contribution in [2.24, 2.45) is 5.92 Å². The molecule has 9 heteroatoms. The summed E-state index contributed by atoms with van der Waals surface area (Å²) in [7, 11) is 1.53. The van der Waals surface area contributed by atoms with Crippen molar-refractivity contribution in [2.75, 3.05) is 7.11 Å². The minimum absolute atomic E-state index is 0.237. The average Bonchev–Trinajstić information content (AvgIpc) is 2.76. The lowest BCUT2D eigenvalue weighted by atomic mass is 10.0. The van der Waals surface area contributed by atoms with Gasteiger partial charge in [-0.05, 0) is 42.3 Å². The monoisotopic (exact) mass is 410 g/mol. The Balaban J connectivity index is 1.69. The molecule has 1 N–H and O–H groups in total. The molecule has 0 saturated carbocycles. The summed E-state index contributed by atoms with van der Waals surface area (Å²) in [6.07, 6.45) is 0. The molecular weight excluding hydrogens is 388 g/mol. The predicted molar refractivity (Wildman–Crippen MR) is 109 cm³/mol. The molecule has 1 atom stereocenters. The molecule has 1 aromatic heterocycles. The molecule has 1 amide bonds. The van der Waals surface area contributed by atoms with Crippen molar-refractivity contribution >= 4 is 22.8 Å². The van der Waals surface area contributed by atoms with E-state index in [4.69, 9.17) is 9.47 Å². The second-order valence-electron chi connectivity index (χ2n) is 6.93. The lowest BCUT2D eigenvalue weighted by Gasteiger charge is -2.21. The number of carbonyl (C=O) groups is 2. The molecule has 0 radical (unpaired) electrons. The van der Waals surface area contributed by atoms with E-state index in [1.165, 1.54) is 7.11 Å². The molecule has 0 saturated heterocycles. The van der Waals surface area contributed by atoms with Crippen LogP contribution in [0.5, 0.6) is 5.75 Å². The number of ether oxygens (including phenoxy) is 2. The van der Waals surface area contributed by atoms with Crippen LogP contribution < -0.4 is 15.6 Å². The van der Waals surface area contributed by atoms with E-state index in [2.05, 4.69) is 15.6 Å². The second-order valence-corrected chi connectivity index (χ2v) is 6.93. The van der Waals surface area contributed by atoms with Gasteiger partial charge in [0.25, 0.3) is 11.5 Å². The summed E-state index contributed by atoms with van der Waals surface area (Å²) in [5.74, 6) is -0.711. The summed E-state index contributed by atoms with van der Waals surface area (Å²) in [5.41, 5.74) is 0.416. The number of hydrogen-bond donors (Lipinski definition) is 1. The molecule has 0 unspecified atom stereocenters. The first-order valence-corrected chi connectivity index (χ1v) is 9.35. The van der Waals surface area contributed by atoms with Gasteiger partial charge in [0.15, 0.2) is 6.73 Å². The summed E-state index contributed by atoms with van der Waals surface area (Å²) >= 11 is 0. The van der Waals surface area contributed by atoms with Gasteiger partial charge in [-0.1, -0.05) is 31.2 Å². The SMILES string of the molecule is COc1ccc(C(=O)N[C@@H](C(=O)OCn2nnc3ccccc3c2=O)C(C)C)cc1. The van der Waals surface area contributed by atoms with Gasteiger partial charge >= 0.3 is 5.97 Å². The van der Waals surface area contributed by atoms with Crippen LogP contribution in [0.1, 0.15) is 24.2 Å². The lowest BCUT2D eigenvalue weighted by molar-refractivity contribution is -0.151. The number of nitrogens with zero attached hydrogens (tertiary/aromatic N) is 3. The molecule has 0 aliphatic rings. The summed E-state index contributed by atoms with van der Waals surface area (Å²) < 4.78 is 11.3. The number of hydrogen-bond acceptors (Lipinski definition) is 7. The summed E-state index contributed by atoms with van der Waals surface area (Å²) in [6.45, 7) is 3.15. The number of amides is 1. The molecule has 30 heavy (non-hydrogen) atoms. The zero-order valence-corrected chi connectivity index (χ0v) is 16.9. The number of rotatable bonds is 7. The van der Waals surface area contributed by atoms with E-state index in [1.807, 2.05) is 0 Å². The molecule has 0 bridgehead atoms. The van der Waals surface area contributed by atoms with Gasteiger partial charge in [0.05, 0.1) is 12.5 Å². The number of aromatic nitrogens is 3. The quantitative estimate of drug-likeness (QED) is 0.591. The zero-order valence-electron chi connectivity index (χ0n) is 16.9. The number of fused-ring (bicyclic) bond motifs is 1. The maximum atomic E-state index is 12.6. The molecule has 1 heterocycles. The van der Waals surface area contributed by atoms with Crippen LogP contribution in [-0.4, -0.2) is 40.0 Å². The molecule has 0 aliphatic heterocycles. The highest BCUT2D eigenvalue weighted by Crippen LogP contribution is 2.12. The zero-order chi connectivity index (χ0) is 21.7. The van der Waals surface area contributed by atoms with Gasteiger partial charge in [0, 0.05) is 5.56 Å². The second kappa shape index (κ2) is 9.17. The minimum atomic E-state index is -0.899. The van der Waals surface area contributed by atoms with E-state index in [1.54, 1.807) is 62.4 Å². The fraction of sp³-hybridized carbons (Fsp3) is 0.286. The fourth-order valence-corrected chi connectivity index (χ4v) is 2.79. The van der Waals surface area contributed by atoms with Crippen LogP contribution in [0.4, 0.5) is 0 Å². The Hall–Kier alpha value is -3.75. The molecule has 3 rings (SSSR count). The third-order valence-corrected chi connectivity index (χ3v) is 4.52. The van der Waals surface area contributed by atoms with Crippen LogP contribution in [0.2, 0.25) is 0 Å². The lowest BCUT2D eigenvalue weighted by Crippen LogP contribution is -2.45. The smallest absolute Gasteiger partial charge is 0.330 e. The van der Waals surface area contributed by atoms with E-state index in [-0.39, 0.29) is 5.92 Å². The van der Waals surface area contributed by atoms with Crippen LogP contribution >= 0.6 is 0 Å². The summed E-state index contributed by atoms with van der Waals surface area (Å²) in [5, 5.41) is 10.8. The van der Waals surface area contributed by atoms with E-state index in [0.717, 1.165) is 4.68 Å². The first-order valence-electron chi connectivity index (χ1n) is 9.35. The van der Waals surface area contributed by atoms with Crippen molar-refractivity contribution < 1.29 is 19.1 Å². The Morgan fingerprint density at radius 2 is 1.80 bits per heavy atom. The van der Waals surface area contributed by atoms with Crippen LogP contribution in [0.3, 0.4) is 0 Å². The molecule has 9 nitrogen and oxygen atoms in total. The van der Waals surface area contributed by atoms with Crippen LogP contribution in [0.15, 0.2) is 53.3 Å². The third kappa shape index (κ3) is 4.62. The van der Waals surface area contributed by atoms with Crippen molar-refractivity contribution in [3.8, 4) is 5.75 Å². The molecule has 0 aliphatic carbocycles. The Morgan fingerprint density at radius 3 is 2.47 bits per heavy atom. The molecule has 2 aromatic carbocycles. The first kappa shape index (κ1) is 21.0. The first-order chi connectivity index (χ1) is 14.4. The van der Waals surface area contributed by atoms with Crippen LogP contribution in [0.25, 0.3) is 10.9 Å². The highest BCUT2D eigenvalue weighted by Gasteiger charge is 2.26. The van der Waals surface area contributed by atoms with Gasteiger partial charge < -0.3 is 14.8 Å². The Labute approximate surface area is 172 Å². The van der Waals surface area contributed by atoms with Crippen molar-refractivity contribution in [2.45, 2.75) is 26.6 Å². The topological polar surface area (TPSA) is 112 Å². The molecule has 3 aromatic rings. The van der Waals surface area contributed by atoms with E-state index in [0.29, 0.717) is 22.2 Å². The number of benzene rings is 2. The largest absolute Gasteiger partial charge is 0.497 e. The summed E-state index contributed by atoms with van der Waals surface area (Å²) in [4.78, 5) is 37.5. The van der Waals surface area contributed by atoms with E-state index >= 15 is 0 Å². The predicted octanol–water partition coefficient (Wildman–Crippen LogP) is 1.76. The average molecular weight is 410 g/mol. The van der Waals surface area contributed by atoms with Crippen LogP contribution in [0, 0.1) is 5.92 Å². The van der Waals surface area contributed by atoms with Crippen molar-refractivity contribution in [3.63, 3.8) is 0 Å². The minimum Gasteiger partial charge on any atom is -0.497 e. The van der Waals surface area contributed by atoms with Crippen LogP contribution in [-0.2, 0) is 16.3 Å². The maximum Gasteiger partial charge on any atom is 0.330 e. The van der Waals surface area contributed by atoms with E-state index < -0.39 is 30.2 Å². The molecular formula is C21H22N4O5. The van der Waals surface area contributed by atoms with Gasteiger partial charge in [0.2, 0.25) is 0 Å². The number of esters is 1. The van der Waals surface area contributed by atoms with Gasteiger partial charge in [-0.3, -0.25) is 9.59 Å². The van der Waals surface area contributed by atoms with Crippen molar-refractivity contribution in [1.82, 2.24) is 20.3 Å². The fourth-order valence-electron chi connectivity index (χ4n) is 2.79. The Bertz CT molecular complexity index is 1110. The molecule has 0 fully saturated rings.